The van der Waals surface area contributed by atoms with Crippen molar-refractivity contribution in [3.05, 3.63) is 42.5 Å². The Kier molecular flexibility index (Phi) is 6.25. The molecule has 0 aliphatic rings. The molecule has 0 amide bonds. The predicted molar refractivity (Wildman–Crippen MR) is 91.7 cm³/mol. The van der Waals surface area contributed by atoms with Gasteiger partial charge in [0.1, 0.15) is 5.75 Å². The zero-order valence-corrected chi connectivity index (χ0v) is 13.9. The van der Waals surface area contributed by atoms with E-state index >= 15 is 0 Å². The van der Waals surface area contributed by atoms with Crippen LogP contribution in [0.3, 0.4) is 0 Å². The molecule has 2 rings (SSSR count). The lowest BCUT2D eigenvalue weighted by Crippen LogP contribution is -2.14. The molecule has 0 bridgehead atoms. The molecule has 2 aromatic carbocycles. The second-order valence-corrected chi connectivity index (χ2v) is 7.28. The summed E-state index contributed by atoms with van der Waals surface area (Å²) in [5, 5.41) is 1.81. The van der Waals surface area contributed by atoms with Gasteiger partial charge in [0.05, 0.1) is 5.75 Å². The van der Waals surface area contributed by atoms with Crippen LogP contribution in [0.4, 0.5) is 0 Å². The van der Waals surface area contributed by atoms with E-state index in [9.17, 15) is 8.42 Å². The number of benzene rings is 2. The van der Waals surface area contributed by atoms with E-state index in [1.165, 1.54) is 19.3 Å². The molecule has 0 aliphatic heterocycles. The molecule has 0 fully saturated rings. The fraction of sp³-hybridized carbons (Fsp3) is 0.444. The lowest BCUT2D eigenvalue weighted by Gasteiger charge is -2.09. The van der Waals surface area contributed by atoms with Crippen molar-refractivity contribution in [1.82, 2.24) is 0 Å². The summed E-state index contributed by atoms with van der Waals surface area (Å²) in [5.74, 6) is 0.506. The number of hydrogen-bond donors (Lipinski definition) is 0. The van der Waals surface area contributed by atoms with Crippen molar-refractivity contribution in [2.24, 2.45) is 0 Å². The van der Waals surface area contributed by atoms with E-state index in [4.69, 9.17) is 4.18 Å². The van der Waals surface area contributed by atoms with E-state index < -0.39 is 10.1 Å². The normalized spacial score (nSPS) is 11.7. The van der Waals surface area contributed by atoms with E-state index in [0.717, 1.165) is 23.6 Å². The van der Waals surface area contributed by atoms with Crippen LogP contribution < -0.4 is 4.18 Å². The predicted octanol–water partition coefficient (Wildman–Crippen LogP) is 4.91. The number of fused-ring (bicyclic) bond motifs is 1. The molecule has 120 valence electrons. The van der Waals surface area contributed by atoms with Crippen molar-refractivity contribution in [2.45, 2.75) is 45.4 Å². The molecule has 3 nitrogen and oxygen atoms in total. The molecule has 0 saturated carbocycles. The van der Waals surface area contributed by atoms with Gasteiger partial charge in [-0.25, -0.2) is 0 Å². The summed E-state index contributed by atoms with van der Waals surface area (Å²) < 4.78 is 29.5. The Morgan fingerprint density at radius 3 is 2.36 bits per heavy atom. The Bertz CT molecular complexity index is 687. The highest BCUT2D eigenvalue weighted by molar-refractivity contribution is 7.87. The van der Waals surface area contributed by atoms with Gasteiger partial charge in [-0.05, 0) is 17.9 Å². The van der Waals surface area contributed by atoms with Crippen LogP contribution in [0.25, 0.3) is 10.8 Å². The number of hydrogen-bond acceptors (Lipinski definition) is 3. The lowest BCUT2D eigenvalue weighted by molar-refractivity contribution is 0.484. The van der Waals surface area contributed by atoms with Crippen LogP contribution in [-0.4, -0.2) is 14.2 Å². The van der Waals surface area contributed by atoms with Crippen LogP contribution in [0, 0.1) is 0 Å². The van der Waals surface area contributed by atoms with E-state index in [1.807, 2.05) is 36.4 Å². The average molecular weight is 320 g/mol. The highest BCUT2D eigenvalue weighted by Crippen LogP contribution is 2.26. The summed E-state index contributed by atoms with van der Waals surface area (Å²) in [4.78, 5) is 0. The largest absolute Gasteiger partial charge is 0.382 e. The van der Waals surface area contributed by atoms with Gasteiger partial charge in [-0.3, -0.25) is 0 Å². The third kappa shape index (κ3) is 5.02. The lowest BCUT2D eigenvalue weighted by atomic mass is 10.1. The second kappa shape index (κ2) is 8.18. The van der Waals surface area contributed by atoms with Crippen molar-refractivity contribution < 1.29 is 12.6 Å². The molecule has 0 spiro atoms. The molecular formula is C18H24O3S. The molecule has 0 unspecified atom stereocenters. The second-order valence-electron chi connectivity index (χ2n) is 5.59. The van der Waals surface area contributed by atoms with Gasteiger partial charge in [-0.2, -0.15) is 8.42 Å². The Labute approximate surface area is 133 Å². The molecule has 4 heteroatoms. The molecule has 22 heavy (non-hydrogen) atoms. The zero-order chi connectivity index (χ0) is 15.8. The zero-order valence-electron chi connectivity index (χ0n) is 13.1. The van der Waals surface area contributed by atoms with Gasteiger partial charge < -0.3 is 4.18 Å². The highest BCUT2D eigenvalue weighted by Gasteiger charge is 2.14. The molecule has 2 aromatic rings. The van der Waals surface area contributed by atoms with E-state index in [2.05, 4.69) is 6.92 Å². The molecule has 0 N–H and O–H groups in total. The van der Waals surface area contributed by atoms with Gasteiger partial charge in [0, 0.05) is 5.39 Å². The number of rotatable bonds is 9. The minimum Gasteiger partial charge on any atom is -0.382 e. The van der Waals surface area contributed by atoms with E-state index in [0.29, 0.717) is 12.2 Å². The van der Waals surface area contributed by atoms with Crippen molar-refractivity contribution in [3.8, 4) is 5.75 Å². The molecular weight excluding hydrogens is 296 g/mol. The summed E-state index contributed by atoms with van der Waals surface area (Å²) >= 11 is 0. The summed E-state index contributed by atoms with van der Waals surface area (Å²) in [5.41, 5.74) is 0. The van der Waals surface area contributed by atoms with Gasteiger partial charge in [0.25, 0.3) is 0 Å². The third-order valence-corrected chi connectivity index (χ3v) is 4.94. The maximum absolute atomic E-state index is 12.1. The molecule has 0 radical (unpaired) electrons. The van der Waals surface area contributed by atoms with Crippen LogP contribution in [0.2, 0.25) is 0 Å². The van der Waals surface area contributed by atoms with Crippen molar-refractivity contribution in [1.29, 1.82) is 0 Å². The van der Waals surface area contributed by atoms with Gasteiger partial charge >= 0.3 is 10.1 Å². The maximum atomic E-state index is 12.1. The summed E-state index contributed by atoms with van der Waals surface area (Å²) in [7, 11) is -3.52. The SMILES string of the molecule is CCCCCCCCS(=O)(=O)Oc1cccc2ccccc12. The van der Waals surface area contributed by atoms with E-state index in [-0.39, 0.29) is 5.75 Å². The van der Waals surface area contributed by atoms with Crippen molar-refractivity contribution in [2.75, 3.05) is 5.75 Å². The monoisotopic (exact) mass is 320 g/mol. The van der Waals surface area contributed by atoms with Crippen LogP contribution >= 0.6 is 0 Å². The first kappa shape index (κ1) is 16.8. The van der Waals surface area contributed by atoms with Crippen LogP contribution in [0.5, 0.6) is 5.75 Å². The van der Waals surface area contributed by atoms with Crippen LogP contribution in [0.15, 0.2) is 42.5 Å². The quantitative estimate of drug-likeness (QED) is 0.487. The smallest absolute Gasteiger partial charge is 0.309 e. The van der Waals surface area contributed by atoms with Crippen LogP contribution in [-0.2, 0) is 10.1 Å². The highest BCUT2D eigenvalue weighted by atomic mass is 32.2. The van der Waals surface area contributed by atoms with Crippen molar-refractivity contribution in [3.63, 3.8) is 0 Å². The molecule has 0 aromatic heterocycles. The minimum atomic E-state index is -3.52. The first-order valence-electron chi connectivity index (χ1n) is 8.02. The topological polar surface area (TPSA) is 43.4 Å². The molecule has 0 aliphatic carbocycles. The van der Waals surface area contributed by atoms with Crippen molar-refractivity contribution >= 4 is 20.9 Å². The summed E-state index contributed by atoms with van der Waals surface area (Å²) in [6.45, 7) is 2.17. The Balaban J connectivity index is 1.93. The van der Waals surface area contributed by atoms with Crippen LogP contribution in [0.1, 0.15) is 45.4 Å². The average Bonchev–Trinajstić information content (AvgIpc) is 2.51. The first-order chi connectivity index (χ1) is 10.6. The Morgan fingerprint density at radius 2 is 1.55 bits per heavy atom. The Hall–Kier alpha value is -1.55. The fourth-order valence-corrected chi connectivity index (χ4v) is 3.57. The third-order valence-electron chi connectivity index (χ3n) is 3.71. The number of unbranched alkanes of at least 4 members (excludes halogenated alkanes) is 5. The fourth-order valence-electron chi connectivity index (χ4n) is 2.51. The summed E-state index contributed by atoms with van der Waals surface area (Å²) in [6, 6.07) is 13.1. The molecule has 0 atom stereocenters. The Morgan fingerprint density at radius 1 is 0.864 bits per heavy atom. The standard InChI is InChI=1S/C18H24O3S/c1-2-3-4-5-6-9-15-22(19,20)21-18-14-10-12-16-11-7-8-13-17(16)18/h7-8,10-14H,2-6,9,15H2,1H3. The van der Waals surface area contributed by atoms with E-state index in [1.54, 1.807) is 6.07 Å². The first-order valence-corrected chi connectivity index (χ1v) is 9.60. The van der Waals surface area contributed by atoms with Gasteiger partial charge in [-0.1, -0.05) is 75.4 Å². The maximum Gasteiger partial charge on any atom is 0.309 e. The molecule has 0 heterocycles. The minimum absolute atomic E-state index is 0.0857. The van der Waals surface area contributed by atoms with Gasteiger partial charge in [0.2, 0.25) is 0 Å². The van der Waals surface area contributed by atoms with Gasteiger partial charge in [0.15, 0.2) is 0 Å². The summed E-state index contributed by atoms with van der Waals surface area (Å²) in [6.07, 6.45) is 6.30. The molecule has 0 saturated heterocycles. The van der Waals surface area contributed by atoms with Gasteiger partial charge in [-0.15, -0.1) is 0 Å².